The van der Waals surface area contributed by atoms with Gasteiger partial charge in [-0.15, -0.1) is 0 Å². The maximum Gasteiger partial charge on any atom is 0.330 e. The number of halogens is 1. The Morgan fingerprint density at radius 3 is 2.44 bits per heavy atom. The van der Waals surface area contributed by atoms with Crippen LogP contribution in [0.25, 0.3) is 6.08 Å². The highest BCUT2D eigenvalue weighted by Gasteiger charge is 2.51. The van der Waals surface area contributed by atoms with E-state index in [1.807, 2.05) is 0 Å². The number of benzene rings is 1. The Labute approximate surface area is 210 Å². The summed E-state index contributed by atoms with van der Waals surface area (Å²) in [4.78, 5) is 50.1. The summed E-state index contributed by atoms with van der Waals surface area (Å²) >= 11 is 5.56. The lowest BCUT2D eigenvalue weighted by molar-refractivity contribution is -0.155. The number of esters is 2. The Hall–Kier alpha value is -3.26. The van der Waals surface area contributed by atoms with Crippen molar-refractivity contribution < 1.29 is 36.4 Å². The third kappa shape index (κ3) is 6.91. The average molecular weight is 543 g/mol. The predicted molar refractivity (Wildman–Crippen MR) is 126 cm³/mol. The summed E-state index contributed by atoms with van der Waals surface area (Å²) in [6, 6.07) is 8.19. The molecule has 1 N–H and O–H groups in total. The van der Waals surface area contributed by atoms with Crippen molar-refractivity contribution in [3.8, 4) is 0 Å². The Morgan fingerprint density at radius 2 is 1.83 bits per heavy atom. The van der Waals surface area contributed by atoms with Crippen LogP contribution in [-0.4, -0.2) is 54.8 Å². The van der Waals surface area contributed by atoms with Crippen LogP contribution >= 0.6 is 11.6 Å². The van der Waals surface area contributed by atoms with Crippen molar-refractivity contribution in [2.24, 2.45) is 0 Å². The fourth-order valence-electron chi connectivity index (χ4n) is 3.56. The molecule has 194 valence electrons. The first kappa shape index (κ1) is 27.3. The van der Waals surface area contributed by atoms with Crippen molar-refractivity contribution in [2.75, 3.05) is 6.61 Å². The normalized spacial score (nSPS) is 22.0. The summed E-state index contributed by atoms with van der Waals surface area (Å²) < 4.78 is 48.2. The largest absolute Gasteiger partial charge is 0.463 e. The van der Waals surface area contributed by atoms with Gasteiger partial charge in [0.2, 0.25) is 0 Å². The lowest BCUT2D eigenvalue weighted by Gasteiger charge is -2.24. The maximum atomic E-state index is 12.9. The van der Waals surface area contributed by atoms with Crippen LogP contribution in [0.5, 0.6) is 0 Å². The molecule has 14 heteroatoms. The molecule has 1 aliphatic rings. The molecule has 3 rings (SSSR count). The third-order valence-corrected chi connectivity index (χ3v) is 6.32. The van der Waals surface area contributed by atoms with Gasteiger partial charge in [-0.25, -0.2) is 4.79 Å². The van der Waals surface area contributed by atoms with E-state index in [2.05, 4.69) is 4.98 Å². The van der Waals surface area contributed by atoms with E-state index in [1.165, 1.54) is 6.08 Å². The number of nitrogens with one attached hydrogen (secondary N) is 1. The number of hydrogen-bond donors (Lipinski definition) is 1. The Balaban J connectivity index is 2.04. The number of aromatic nitrogens is 2. The van der Waals surface area contributed by atoms with E-state index in [-0.39, 0.29) is 5.56 Å². The molecular weight excluding hydrogens is 520 g/mol. The van der Waals surface area contributed by atoms with E-state index in [1.54, 1.807) is 30.3 Å². The number of ether oxygens (including phenoxy) is 3. The minimum absolute atomic E-state index is 0.0348. The molecule has 0 amide bonds. The minimum atomic E-state index is -4.28. The van der Waals surface area contributed by atoms with Gasteiger partial charge in [-0.1, -0.05) is 41.9 Å². The van der Waals surface area contributed by atoms with Gasteiger partial charge in [0.15, 0.2) is 12.3 Å². The van der Waals surface area contributed by atoms with Gasteiger partial charge in [-0.05, 0) is 11.6 Å². The van der Waals surface area contributed by atoms with Crippen molar-refractivity contribution in [1.29, 1.82) is 0 Å². The Kier molecular flexibility index (Phi) is 8.84. The third-order valence-electron chi connectivity index (χ3n) is 4.99. The molecule has 0 radical (unpaired) electrons. The number of carbonyl (C=O) groups excluding carboxylic acids is 2. The first-order chi connectivity index (χ1) is 17.0. The molecule has 2 heterocycles. The monoisotopic (exact) mass is 542 g/mol. The van der Waals surface area contributed by atoms with Gasteiger partial charge in [-0.2, -0.15) is 8.42 Å². The number of aromatic amines is 1. The van der Waals surface area contributed by atoms with Crippen LogP contribution in [0.1, 0.15) is 31.2 Å². The number of nitrogens with zero attached hydrogens (tertiary/aromatic N) is 1. The molecule has 2 aromatic rings. The lowest BCUT2D eigenvalue weighted by Crippen LogP contribution is -2.43. The van der Waals surface area contributed by atoms with Crippen LogP contribution in [0, 0.1) is 0 Å². The SMILES string of the molecule is CC(=O)OC[C@H]1O[C@@H](n2cc(C=CCl)c(=O)[nH]c2=O)[C@H](OC(C)=O)[C@H]1OS(=O)(=O)Cc1ccccc1. The van der Waals surface area contributed by atoms with Crippen LogP contribution in [0.3, 0.4) is 0 Å². The zero-order chi connectivity index (χ0) is 26.5. The highest BCUT2D eigenvalue weighted by molar-refractivity contribution is 7.85. The van der Waals surface area contributed by atoms with Crippen molar-refractivity contribution in [3.05, 3.63) is 74.0 Å². The summed E-state index contributed by atoms with van der Waals surface area (Å²) in [7, 11) is -4.28. The molecule has 4 atom stereocenters. The highest BCUT2D eigenvalue weighted by Crippen LogP contribution is 2.35. The number of H-pyrrole nitrogens is 1. The van der Waals surface area contributed by atoms with Gasteiger partial charge in [0.1, 0.15) is 24.6 Å². The number of hydrogen-bond acceptors (Lipinski definition) is 10. The number of rotatable bonds is 9. The molecule has 12 nitrogen and oxygen atoms in total. The molecule has 36 heavy (non-hydrogen) atoms. The Morgan fingerprint density at radius 1 is 1.14 bits per heavy atom. The number of carbonyl (C=O) groups is 2. The van der Waals surface area contributed by atoms with Gasteiger partial charge >= 0.3 is 17.6 Å². The molecule has 1 aromatic heterocycles. The maximum absolute atomic E-state index is 12.9. The molecule has 0 bridgehead atoms. The van der Waals surface area contributed by atoms with E-state index in [9.17, 15) is 27.6 Å². The molecular formula is C22H23ClN2O10S. The smallest absolute Gasteiger partial charge is 0.330 e. The van der Waals surface area contributed by atoms with Crippen molar-refractivity contribution in [3.63, 3.8) is 0 Å². The fourth-order valence-corrected chi connectivity index (χ4v) is 4.93. The van der Waals surface area contributed by atoms with Crippen molar-refractivity contribution in [2.45, 2.75) is 44.1 Å². The lowest BCUT2D eigenvalue weighted by atomic mass is 10.1. The quantitative estimate of drug-likeness (QED) is 0.358. The predicted octanol–water partition coefficient (Wildman–Crippen LogP) is 1.05. The van der Waals surface area contributed by atoms with E-state index < -0.39 is 70.2 Å². The molecule has 0 aliphatic carbocycles. The Bertz CT molecular complexity index is 1350. The van der Waals surface area contributed by atoms with Crippen LogP contribution in [0.15, 0.2) is 51.7 Å². The molecule has 0 saturated carbocycles. The first-order valence-corrected chi connectivity index (χ1v) is 12.6. The van der Waals surface area contributed by atoms with Gasteiger partial charge < -0.3 is 14.2 Å². The molecule has 1 aromatic carbocycles. The average Bonchev–Trinajstić information content (AvgIpc) is 3.10. The molecule has 1 saturated heterocycles. The van der Waals surface area contributed by atoms with Crippen molar-refractivity contribution >= 4 is 39.7 Å². The van der Waals surface area contributed by atoms with E-state index in [0.717, 1.165) is 30.1 Å². The van der Waals surface area contributed by atoms with Crippen LogP contribution in [0.2, 0.25) is 0 Å². The van der Waals surface area contributed by atoms with Crippen LogP contribution in [-0.2, 0) is 43.9 Å². The van der Waals surface area contributed by atoms with Gasteiger partial charge in [-0.3, -0.25) is 28.1 Å². The van der Waals surface area contributed by atoms with E-state index in [0.29, 0.717) is 5.56 Å². The summed E-state index contributed by atoms with van der Waals surface area (Å²) in [5, 5.41) is 0. The minimum Gasteiger partial charge on any atom is -0.463 e. The zero-order valence-corrected chi connectivity index (χ0v) is 20.7. The van der Waals surface area contributed by atoms with E-state index in [4.69, 9.17) is 30.0 Å². The second kappa shape index (κ2) is 11.6. The molecule has 1 aliphatic heterocycles. The van der Waals surface area contributed by atoms with E-state index >= 15 is 0 Å². The standard InChI is InChI=1S/C22H23ClN2O10S/c1-13(26)32-11-17-18(35-36(30,31)12-15-6-4-3-5-7-15)19(33-14(2)27)21(34-17)25-10-16(8-9-23)20(28)24-22(25)29/h3-10,17-19,21H,11-12H2,1-2H3,(H,24,28,29)/t17-,18+,19-,21-/m1/s1. The molecule has 1 fully saturated rings. The van der Waals surface area contributed by atoms with Crippen LogP contribution in [0.4, 0.5) is 0 Å². The molecule has 0 spiro atoms. The van der Waals surface area contributed by atoms with Gasteiger partial charge in [0.05, 0.1) is 5.56 Å². The molecule has 0 unspecified atom stereocenters. The summed E-state index contributed by atoms with van der Waals surface area (Å²) in [6.45, 7) is 1.74. The zero-order valence-electron chi connectivity index (χ0n) is 19.2. The fraction of sp³-hybridized carbons (Fsp3) is 0.364. The summed E-state index contributed by atoms with van der Waals surface area (Å²) in [6.07, 6.45) is -3.38. The second-order valence-corrected chi connectivity index (χ2v) is 9.58. The topological polar surface area (TPSA) is 160 Å². The second-order valence-electron chi connectivity index (χ2n) is 7.73. The first-order valence-electron chi connectivity index (χ1n) is 10.5. The van der Waals surface area contributed by atoms with Crippen molar-refractivity contribution in [1.82, 2.24) is 9.55 Å². The summed E-state index contributed by atoms with van der Waals surface area (Å²) in [5.41, 5.74) is -0.239. The van der Waals surface area contributed by atoms with Crippen LogP contribution < -0.4 is 11.2 Å². The van der Waals surface area contributed by atoms with Gasteiger partial charge in [0.25, 0.3) is 15.7 Å². The highest BCUT2D eigenvalue weighted by atomic mass is 35.5. The van der Waals surface area contributed by atoms with Gasteiger partial charge in [0, 0.05) is 25.6 Å². The summed E-state index contributed by atoms with van der Waals surface area (Å²) in [5.74, 6) is -2.02.